The van der Waals surface area contributed by atoms with Gasteiger partial charge in [0, 0.05) is 50.5 Å². The van der Waals surface area contributed by atoms with Gasteiger partial charge in [-0.2, -0.15) is 0 Å². The molecule has 4 heteroatoms. The van der Waals surface area contributed by atoms with Crippen molar-refractivity contribution in [1.29, 1.82) is 0 Å². The molecule has 2 rings (SSSR count). The maximum atomic E-state index is 12.3. The fourth-order valence-corrected chi connectivity index (χ4v) is 2.58. The molecule has 122 valence electrons. The third-order valence-corrected chi connectivity index (χ3v) is 3.99. The second-order valence-corrected chi connectivity index (χ2v) is 5.65. The number of pyridine rings is 2. The molecular formula is C19H26N3O+. The number of hydrogen-bond donors (Lipinski definition) is 0. The number of rotatable bonds is 9. The second-order valence-electron chi connectivity index (χ2n) is 5.65. The predicted octanol–water partition coefficient (Wildman–Crippen LogP) is 2.63. The lowest BCUT2D eigenvalue weighted by Gasteiger charge is -2.20. The monoisotopic (exact) mass is 312 g/mol. The molecule has 0 aliphatic rings. The molecule has 0 saturated carbocycles. The number of unbranched alkanes of at least 4 members (excludes halogenated alkanes) is 1. The van der Waals surface area contributed by atoms with E-state index in [2.05, 4.69) is 21.9 Å². The smallest absolute Gasteiger partial charge is 0.222 e. The topological polar surface area (TPSA) is 37.1 Å². The lowest BCUT2D eigenvalue weighted by molar-refractivity contribution is -0.697. The van der Waals surface area contributed by atoms with Crippen LogP contribution in [0.25, 0.3) is 0 Å². The summed E-state index contributed by atoms with van der Waals surface area (Å²) in [5, 5.41) is 0. The van der Waals surface area contributed by atoms with Crippen LogP contribution >= 0.6 is 0 Å². The van der Waals surface area contributed by atoms with Crippen LogP contribution in [0.1, 0.15) is 31.7 Å². The zero-order valence-corrected chi connectivity index (χ0v) is 13.9. The van der Waals surface area contributed by atoms with E-state index in [0.717, 1.165) is 38.9 Å². The maximum Gasteiger partial charge on any atom is 0.222 e. The van der Waals surface area contributed by atoms with Gasteiger partial charge in [-0.15, -0.1) is 0 Å². The van der Waals surface area contributed by atoms with Crippen LogP contribution in [0, 0.1) is 0 Å². The number of carbonyl (C=O) groups excluding carboxylic acids is 1. The fraction of sp³-hybridized carbons (Fsp3) is 0.421. The van der Waals surface area contributed by atoms with Crippen LogP contribution in [-0.4, -0.2) is 28.9 Å². The van der Waals surface area contributed by atoms with Gasteiger partial charge in [-0.25, -0.2) is 4.57 Å². The molecule has 0 radical (unpaired) electrons. The molecular weight excluding hydrogens is 286 g/mol. The molecule has 23 heavy (non-hydrogen) atoms. The highest BCUT2D eigenvalue weighted by atomic mass is 16.2. The van der Waals surface area contributed by atoms with E-state index in [0.29, 0.717) is 6.42 Å². The quantitative estimate of drug-likeness (QED) is 0.527. The van der Waals surface area contributed by atoms with E-state index < -0.39 is 0 Å². The Bertz CT molecular complexity index is 572. The minimum Gasteiger partial charge on any atom is -0.343 e. The molecule has 2 heterocycles. The van der Waals surface area contributed by atoms with Crippen molar-refractivity contribution in [1.82, 2.24) is 9.88 Å². The second kappa shape index (κ2) is 9.72. The highest BCUT2D eigenvalue weighted by molar-refractivity contribution is 5.76. The molecule has 0 fully saturated rings. The Morgan fingerprint density at radius 1 is 1.13 bits per heavy atom. The fourth-order valence-electron chi connectivity index (χ4n) is 2.58. The van der Waals surface area contributed by atoms with Crippen LogP contribution in [0.2, 0.25) is 0 Å². The first-order valence-corrected chi connectivity index (χ1v) is 8.40. The van der Waals surface area contributed by atoms with Crippen LogP contribution in [0.4, 0.5) is 0 Å². The third kappa shape index (κ3) is 6.19. The molecule has 0 atom stereocenters. The van der Waals surface area contributed by atoms with Gasteiger partial charge in [0.05, 0.1) is 0 Å². The van der Waals surface area contributed by atoms with Crippen molar-refractivity contribution >= 4 is 5.91 Å². The van der Waals surface area contributed by atoms with Crippen molar-refractivity contribution in [3.63, 3.8) is 0 Å². The van der Waals surface area contributed by atoms with Crippen LogP contribution in [0.15, 0.2) is 55.1 Å². The first kappa shape index (κ1) is 17.1. The first-order chi connectivity index (χ1) is 11.3. The molecule has 0 N–H and O–H groups in total. The number of aromatic nitrogens is 2. The molecule has 2 aromatic heterocycles. The van der Waals surface area contributed by atoms with Gasteiger partial charge in [0.25, 0.3) is 0 Å². The average Bonchev–Trinajstić information content (AvgIpc) is 2.61. The summed E-state index contributed by atoms with van der Waals surface area (Å²) in [6.45, 7) is 4.58. The Hall–Kier alpha value is -2.23. The van der Waals surface area contributed by atoms with E-state index in [-0.39, 0.29) is 5.91 Å². The van der Waals surface area contributed by atoms with Crippen molar-refractivity contribution in [2.45, 2.75) is 39.2 Å². The van der Waals surface area contributed by atoms with Crippen molar-refractivity contribution in [2.75, 3.05) is 13.1 Å². The summed E-state index contributed by atoms with van der Waals surface area (Å²) in [6.07, 6.45) is 11.2. The van der Waals surface area contributed by atoms with E-state index >= 15 is 0 Å². The van der Waals surface area contributed by atoms with Crippen molar-refractivity contribution in [3.05, 3.63) is 60.7 Å². The summed E-state index contributed by atoms with van der Waals surface area (Å²) in [5.74, 6) is 0.264. The van der Waals surface area contributed by atoms with Gasteiger partial charge in [-0.1, -0.05) is 6.07 Å². The molecule has 0 spiro atoms. The summed E-state index contributed by atoms with van der Waals surface area (Å²) in [6, 6.07) is 10.1. The molecule has 0 aromatic carbocycles. The third-order valence-electron chi connectivity index (χ3n) is 3.99. The first-order valence-electron chi connectivity index (χ1n) is 8.40. The Morgan fingerprint density at radius 3 is 2.57 bits per heavy atom. The number of amides is 1. The molecule has 0 unspecified atom stereocenters. The van der Waals surface area contributed by atoms with Gasteiger partial charge in [0.15, 0.2) is 12.4 Å². The van der Waals surface area contributed by atoms with Gasteiger partial charge in [0.2, 0.25) is 5.91 Å². The number of aryl methyl sites for hydroxylation is 1. The normalized spacial score (nSPS) is 10.5. The highest BCUT2D eigenvalue weighted by Crippen LogP contribution is 2.04. The molecule has 0 bridgehead atoms. The van der Waals surface area contributed by atoms with Crippen LogP contribution in [-0.2, 0) is 17.8 Å². The average molecular weight is 312 g/mol. The van der Waals surface area contributed by atoms with Gasteiger partial charge in [-0.3, -0.25) is 9.78 Å². The van der Waals surface area contributed by atoms with Crippen LogP contribution in [0.3, 0.4) is 0 Å². The van der Waals surface area contributed by atoms with E-state index in [4.69, 9.17) is 0 Å². The minimum atomic E-state index is 0.264. The van der Waals surface area contributed by atoms with Crippen molar-refractivity contribution in [3.8, 4) is 0 Å². The minimum absolute atomic E-state index is 0.264. The molecule has 0 saturated heterocycles. The summed E-state index contributed by atoms with van der Waals surface area (Å²) < 4.78 is 2.16. The molecule has 4 nitrogen and oxygen atoms in total. The molecule has 0 aliphatic heterocycles. The van der Waals surface area contributed by atoms with E-state index in [9.17, 15) is 4.79 Å². The summed E-state index contributed by atoms with van der Waals surface area (Å²) in [5.41, 5.74) is 1.23. The maximum absolute atomic E-state index is 12.3. The van der Waals surface area contributed by atoms with E-state index in [1.807, 2.05) is 42.2 Å². The zero-order chi connectivity index (χ0) is 16.3. The van der Waals surface area contributed by atoms with Crippen molar-refractivity contribution in [2.24, 2.45) is 0 Å². The van der Waals surface area contributed by atoms with Crippen LogP contribution < -0.4 is 4.57 Å². The molecule has 1 amide bonds. The number of likely N-dealkylation sites (N-methyl/N-ethyl adjacent to an activating group) is 1. The molecule has 0 aliphatic carbocycles. The lowest BCUT2D eigenvalue weighted by atomic mass is 10.1. The van der Waals surface area contributed by atoms with Gasteiger partial charge >= 0.3 is 0 Å². The Balaban J connectivity index is 1.68. The zero-order valence-electron chi connectivity index (χ0n) is 13.9. The largest absolute Gasteiger partial charge is 0.343 e. The standard InChI is InChI=1S/C19H26N3O/c1-2-22(17-11-18-9-12-20-13-10-18)19(23)8-4-7-16-21-14-5-3-6-15-21/h3,5-6,9-10,12-15H,2,4,7-8,11,16-17H2,1H3/q+1. The SMILES string of the molecule is CCN(CCc1ccncc1)C(=O)CCCC[n+]1ccccc1. The van der Waals surface area contributed by atoms with E-state index in [1.54, 1.807) is 12.4 Å². The van der Waals surface area contributed by atoms with Gasteiger partial charge < -0.3 is 4.90 Å². The van der Waals surface area contributed by atoms with E-state index in [1.165, 1.54) is 5.56 Å². The van der Waals surface area contributed by atoms with Crippen molar-refractivity contribution < 1.29 is 9.36 Å². The number of carbonyl (C=O) groups is 1. The van der Waals surface area contributed by atoms with Crippen LogP contribution in [0.5, 0.6) is 0 Å². The number of nitrogens with zero attached hydrogens (tertiary/aromatic N) is 3. The lowest BCUT2D eigenvalue weighted by Crippen LogP contribution is -2.34. The predicted molar refractivity (Wildman–Crippen MR) is 90.7 cm³/mol. The Morgan fingerprint density at radius 2 is 1.87 bits per heavy atom. The Kier molecular flexibility index (Phi) is 7.24. The highest BCUT2D eigenvalue weighted by Gasteiger charge is 2.11. The summed E-state index contributed by atoms with van der Waals surface area (Å²) >= 11 is 0. The van der Waals surface area contributed by atoms with Gasteiger partial charge in [0.1, 0.15) is 6.54 Å². The Labute approximate surface area is 138 Å². The van der Waals surface area contributed by atoms with Gasteiger partial charge in [-0.05, 0) is 37.5 Å². The summed E-state index contributed by atoms with van der Waals surface area (Å²) in [4.78, 5) is 18.3. The summed E-state index contributed by atoms with van der Waals surface area (Å²) in [7, 11) is 0. The number of hydrogen-bond acceptors (Lipinski definition) is 2. The molecule has 2 aromatic rings.